The highest BCUT2D eigenvalue weighted by molar-refractivity contribution is 5.85. The standard InChI is InChI=1S/C17H23N3O.2ClH/c1-13-3-5-14(6-4-13)15-9-19-16(21-15)10-20-8-7-17(2,11-18)12-20;;/h3-6,9H,7-8,10-12,18H2,1-2H3;2*1H. The molecule has 0 radical (unpaired) electrons. The van der Waals surface area contributed by atoms with Gasteiger partial charge in [-0.25, -0.2) is 4.98 Å². The van der Waals surface area contributed by atoms with Crippen molar-refractivity contribution in [3.05, 3.63) is 41.9 Å². The van der Waals surface area contributed by atoms with Crippen molar-refractivity contribution in [1.29, 1.82) is 0 Å². The van der Waals surface area contributed by atoms with Crippen molar-refractivity contribution >= 4 is 24.8 Å². The van der Waals surface area contributed by atoms with Crippen LogP contribution in [-0.4, -0.2) is 29.5 Å². The normalized spacial score (nSPS) is 20.8. The van der Waals surface area contributed by atoms with E-state index in [0.717, 1.165) is 49.8 Å². The molecule has 2 aromatic rings. The van der Waals surface area contributed by atoms with Crippen LogP contribution in [0.1, 0.15) is 24.8 Å². The summed E-state index contributed by atoms with van der Waals surface area (Å²) < 4.78 is 5.89. The lowest BCUT2D eigenvalue weighted by Crippen LogP contribution is -2.31. The number of rotatable bonds is 4. The zero-order valence-corrected chi connectivity index (χ0v) is 15.3. The summed E-state index contributed by atoms with van der Waals surface area (Å²) in [6, 6.07) is 8.32. The van der Waals surface area contributed by atoms with Crippen molar-refractivity contribution in [3.8, 4) is 11.3 Å². The van der Waals surface area contributed by atoms with Gasteiger partial charge in [0.1, 0.15) is 0 Å². The highest BCUT2D eigenvalue weighted by Crippen LogP contribution is 2.30. The van der Waals surface area contributed by atoms with Crippen molar-refractivity contribution in [1.82, 2.24) is 9.88 Å². The molecule has 0 spiro atoms. The molecule has 6 heteroatoms. The van der Waals surface area contributed by atoms with Crippen LogP contribution in [0.25, 0.3) is 11.3 Å². The van der Waals surface area contributed by atoms with Gasteiger partial charge in [0.2, 0.25) is 5.89 Å². The number of benzene rings is 1. The predicted octanol–water partition coefficient (Wildman–Crippen LogP) is 3.66. The van der Waals surface area contributed by atoms with Crippen LogP contribution >= 0.6 is 24.8 Å². The maximum absolute atomic E-state index is 5.89. The molecule has 2 N–H and O–H groups in total. The first kappa shape index (κ1) is 20.0. The molecule has 1 unspecified atom stereocenters. The van der Waals surface area contributed by atoms with Crippen molar-refractivity contribution in [2.24, 2.45) is 11.1 Å². The monoisotopic (exact) mass is 357 g/mol. The number of oxazole rings is 1. The number of likely N-dealkylation sites (tertiary alicyclic amines) is 1. The molecule has 1 saturated heterocycles. The van der Waals surface area contributed by atoms with Gasteiger partial charge in [0.15, 0.2) is 5.76 Å². The average molecular weight is 358 g/mol. The number of nitrogens with zero attached hydrogens (tertiary/aromatic N) is 2. The van der Waals surface area contributed by atoms with Gasteiger partial charge in [0, 0.05) is 12.1 Å². The Morgan fingerprint density at radius 1 is 1.26 bits per heavy atom. The molecule has 1 fully saturated rings. The van der Waals surface area contributed by atoms with Gasteiger partial charge in [0.05, 0.1) is 12.7 Å². The fourth-order valence-electron chi connectivity index (χ4n) is 2.85. The van der Waals surface area contributed by atoms with Crippen LogP contribution in [-0.2, 0) is 6.54 Å². The van der Waals surface area contributed by atoms with E-state index in [0.29, 0.717) is 0 Å². The smallest absolute Gasteiger partial charge is 0.209 e. The Hall–Kier alpha value is -1.07. The summed E-state index contributed by atoms with van der Waals surface area (Å²) >= 11 is 0. The van der Waals surface area contributed by atoms with Crippen LogP contribution in [0.15, 0.2) is 34.9 Å². The van der Waals surface area contributed by atoms with Crippen LogP contribution in [0, 0.1) is 12.3 Å². The Labute approximate surface area is 150 Å². The quantitative estimate of drug-likeness (QED) is 0.906. The van der Waals surface area contributed by atoms with Gasteiger partial charge < -0.3 is 10.2 Å². The Morgan fingerprint density at radius 2 is 1.96 bits per heavy atom. The molecular formula is C17H25Cl2N3O. The van der Waals surface area contributed by atoms with Crippen molar-refractivity contribution in [3.63, 3.8) is 0 Å². The number of nitrogens with two attached hydrogens (primary N) is 1. The van der Waals surface area contributed by atoms with Crippen LogP contribution in [0.5, 0.6) is 0 Å². The molecule has 1 aromatic heterocycles. The fraction of sp³-hybridized carbons (Fsp3) is 0.471. The molecule has 1 atom stereocenters. The van der Waals surface area contributed by atoms with E-state index in [4.69, 9.17) is 10.2 Å². The van der Waals surface area contributed by atoms with Crippen LogP contribution in [0.4, 0.5) is 0 Å². The van der Waals surface area contributed by atoms with Crippen molar-refractivity contribution in [2.75, 3.05) is 19.6 Å². The zero-order chi connectivity index (χ0) is 14.9. The first-order valence-corrected chi connectivity index (χ1v) is 7.52. The SMILES string of the molecule is Cc1ccc(-c2cnc(CN3CCC(C)(CN)C3)o2)cc1.Cl.Cl. The maximum atomic E-state index is 5.89. The minimum atomic E-state index is 0. The molecule has 128 valence electrons. The molecule has 1 aromatic carbocycles. The highest BCUT2D eigenvalue weighted by Gasteiger charge is 2.32. The maximum Gasteiger partial charge on any atom is 0.209 e. The van der Waals surface area contributed by atoms with Gasteiger partial charge in [-0.05, 0) is 31.8 Å². The van der Waals surface area contributed by atoms with E-state index in [1.54, 1.807) is 0 Å². The van der Waals surface area contributed by atoms with Gasteiger partial charge in [-0.2, -0.15) is 0 Å². The molecule has 0 amide bonds. The summed E-state index contributed by atoms with van der Waals surface area (Å²) in [6.07, 6.45) is 2.97. The van der Waals surface area contributed by atoms with Gasteiger partial charge in [0.25, 0.3) is 0 Å². The number of hydrogen-bond donors (Lipinski definition) is 1. The topological polar surface area (TPSA) is 55.3 Å². The molecule has 4 nitrogen and oxygen atoms in total. The van der Waals surface area contributed by atoms with Crippen LogP contribution < -0.4 is 5.73 Å². The van der Waals surface area contributed by atoms with Gasteiger partial charge >= 0.3 is 0 Å². The molecule has 0 aliphatic carbocycles. The summed E-state index contributed by atoms with van der Waals surface area (Å²) in [5, 5.41) is 0. The van der Waals surface area contributed by atoms with E-state index in [1.807, 2.05) is 6.20 Å². The third kappa shape index (κ3) is 4.70. The number of aryl methyl sites for hydroxylation is 1. The molecule has 0 saturated carbocycles. The molecular weight excluding hydrogens is 333 g/mol. The Kier molecular flexibility index (Phi) is 7.08. The molecule has 2 heterocycles. The fourth-order valence-corrected chi connectivity index (χ4v) is 2.85. The van der Waals surface area contributed by atoms with Crippen LogP contribution in [0.2, 0.25) is 0 Å². The van der Waals surface area contributed by atoms with Gasteiger partial charge in [-0.3, -0.25) is 4.90 Å². The molecule has 23 heavy (non-hydrogen) atoms. The average Bonchev–Trinajstić information content (AvgIpc) is 3.08. The minimum Gasteiger partial charge on any atom is -0.439 e. The summed E-state index contributed by atoms with van der Waals surface area (Å²) in [6.45, 7) is 7.92. The van der Waals surface area contributed by atoms with E-state index in [9.17, 15) is 0 Å². The summed E-state index contributed by atoms with van der Waals surface area (Å²) in [5.41, 5.74) is 8.42. The van der Waals surface area contributed by atoms with Crippen LogP contribution in [0.3, 0.4) is 0 Å². The van der Waals surface area contributed by atoms with Gasteiger partial charge in [-0.15, -0.1) is 24.8 Å². The number of halogens is 2. The van der Waals surface area contributed by atoms with Crippen molar-refractivity contribution < 1.29 is 4.42 Å². The molecule has 1 aliphatic rings. The number of hydrogen-bond acceptors (Lipinski definition) is 4. The van der Waals surface area contributed by atoms with E-state index in [2.05, 4.69) is 48.0 Å². The molecule has 3 rings (SSSR count). The van der Waals surface area contributed by atoms with E-state index >= 15 is 0 Å². The zero-order valence-electron chi connectivity index (χ0n) is 13.6. The third-order valence-corrected chi connectivity index (χ3v) is 4.38. The summed E-state index contributed by atoms with van der Waals surface area (Å²) in [4.78, 5) is 6.79. The van der Waals surface area contributed by atoms with Gasteiger partial charge in [-0.1, -0.05) is 36.8 Å². The highest BCUT2D eigenvalue weighted by atomic mass is 35.5. The van der Waals surface area contributed by atoms with E-state index < -0.39 is 0 Å². The summed E-state index contributed by atoms with van der Waals surface area (Å²) in [5.74, 6) is 1.62. The van der Waals surface area contributed by atoms with Crippen molar-refractivity contribution in [2.45, 2.75) is 26.8 Å². The molecule has 1 aliphatic heterocycles. The first-order valence-electron chi connectivity index (χ1n) is 7.52. The minimum absolute atomic E-state index is 0. The largest absolute Gasteiger partial charge is 0.439 e. The Balaban J connectivity index is 0.00000132. The van der Waals surface area contributed by atoms with E-state index in [-0.39, 0.29) is 30.2 Å². The third-order valence-electron chi connectivity index (χ3n) is 4.38. The Morgan fingerprint density at radius 3 is 2.57 bits per heavy atom. The predicted molar refractivity (Wildman–Crippen MR) is 98.2 cm³/mol. The lowest BCUT2D eigenvalue weighted by Gasteiger charge is -2.21. The lowest BCUT2D eigenvalue weighted by atomic mass is 9.90. The second-order valence-corrected chi connectivity index (χ2v) is 6.46. The number of aromatic nitrogens is 1. The second kappa shape index (κ2) is 8.15. The Bertz CT molecular complexity index is 615. The lowest BCUT2D eigenvalue weighted by molar-refractivity contribution is 0.252. The van der Waals surface area contributed by atoms with E-state index in [1.165, 1.54) is 5.56 Å². The first-order chi connectivity index (χ1) is 10.1. The molecule has 0 bridgehead atoms. The second-order valence-electron chi connectivity index (χ2n) is 6.46. The summed E-state index contributed by atoms with van der Waals surface area (Å²) in [7, 11) is 0.